The van der Waals surface area contributed by atoms with E-state index in [2.05, 4.69) is 14.8 Å². The third kappa shape index (κ3) is 8.34. The predicted octanol–water partition coefficient (Wildman–Crippen LogP) is 2.74. The van der Waals surface area contributed by atoms with Gasteiger partial charge < -0.3 is 4.89 Å². The summed E-state index contributed by atoms with van der Waals surface area (Å²) in [4.78, 5) is 9.03. The lowest BCUT2D eigenvalue weighted by molar-refractivity contribution is 0.125. The first-order valence-corrected chi connectivity index (χ1v) is 8.66. The van der Waals surface area contributed by atoms with Crippen molar-refractivity contribution in [3.63, 3.8) is 0 Å². The Morgan fingerprint density at radius 3 is 1.83 bits per heavy atom. The van der Waals surface area contributed by atoms with Crippen LogP contribution in [0.3, 0.4) is 0 Å². The predicted molar refractivity (Wildman–Crippen MR) is 65.5 cm³/mol. The van der Waals surface area contributed by atoms with E-state index in [1.165, 1.54) is 0 Å². The zero-order chi connectivity index (χ0) is 14.1. The molecule has 1 unspecified atom stereocenters. The van der Waals surface area contributed by atoms with Crippen LogP contribution in [-0.4, -0.2) is 18.1 Å². The first-order valence-electron chi connectivity index (χ1n) is 5.71. The average Bonchev–Trinajstić information content (AvgIpc) is 2.29. The molecule has 0 aromatic rings. The van der Waals surface area contributed by atoms with Gasteiger partial charge in [0, 0.05) is 0 Å². The molecule has 0 bridgehead atoms. The van der Waals surface area contributed by atoms with Gasteiger partial charge in [-0.2, -0.15) is 4.31 Å². The van der Waals surface area contributed by atoms with Gasteiger partial charge in [0.05, 0.1) is 13.2 Å². The summed E-state index contributed by atoms with van der Waals surface area (Å²) >= 11 is 0. The molecule has 0 rings (SSSR count). The van der Waals surface area contributed by atoms with E-state index in [1.54, 1.807) is 0 Å². The minimum Gasteiger partial charge on any atom is -0.301 e. The molecule has 0 amide bonds. The van der Waals surface area contributed by atoms with Gasteiger partial charge in [-0.25, -0.2) is 19.7 Å². The lowest BCUT2D eigenvalue weighted by Gasteiger charge is -2.18. The van der Waals surface area contributed by atoms with Crippen LogP contribution in [0.5, 0.6) is 0 Å². The smallest absolute Gasteiger partial charge is 0.301 e. The standard InChI is InChI=1S/C8H21NO7P2/c1-3-5-7-13-18(12,14-8-6-4-2)16-17(10,11)15-9/h3-9H2,1-2H3,(H,10,11). The fourth-order valence-electron chi connectivity index (χ4n) is 0.871. The van der Waals surface area contributed by atoms with Crippen molar-refractivity contribution < 1.29 is 32.0 Å². The molecule has 3 N–H and O–H groups in total. The highest BCUT2D eigenvalue weighted by Gasteiger charge is 2.37. The maximum atomic E-state index is 12.0. The van der Waals surface area contributed by atoms with Crippen molar-refractivity contribution in [2.75, 3.05) is 13.2 Å². The molecule has 0 aromatic heterocycles. The van der Waals surface area contributed by atoms with Gasteiger partial charge in [-0.1, -0.05) is 26.7 Å². The molecule has 0 aliphatic rings. The molecule has 0 aromatic carbocycles. The van der Waals surface area contributed by atoms with Crippen molar-refractivity contribution in [1.82, 2.24) is 0 Å². The first kappa shape index (κ1) is 18.2. The monoisotopic (exact) mass is 305 g/mol. The average molecular weight is 305 g/mol. The van der Waals surface area contributed by atoms with Crippen LogP contribution in [0.1, 0.15) is 39.5 Å². The Morgan fingerprint density at radius 1 is 1.06 bits per heavy atom. The van der Waals surface area contributed by atoms with Gasteiger partial charge in [0.25, 0.3) is 0 Å². The van der Waals surface area contributed by atoms with Crippen LogP contribution in [0.25, 0.3) is 0 Å². The second kappa shape index (κ2) is 9.18. The maximum absolute atomic E-state index is 12.0. The maximum Gasteiger partial charge on any atom is 0.497 e. The third-order valence-electron chi connectivity index (χ3n) is 1.83. The minimum atomic E-state index is -4.63. The summed E-state index contributed by atoms with van der Waals surface area (Å²) < 4.78 is 41.0. The van der Waals surface area contributed by atoms with Crippen molar-refractivity contribution in [3.05, 3.63) is 0 Å². The molecule has 0 radical (unpaired) electrons. The Bertz CT molecular complexity index is 298. The number of hydrogen-bond donors (Lipinski definition) is 2. The molecule has 0 aliphatic carbocycles. The van der Waals surface area contributed by atoms with Gasteiger partial charge in [0.2, 0.25) is 0 Å². The van der Waals surface area contributed by atoms with Gasteiger partial charge in [-0.05, 0) is 12.8 Å². The van der Waals surface area contributed by atoms with Crippen molar-refractivity contribution >= 4 is 15.6 Å². The van der Waals surface area contributed by atoms with Crippen molar-refractivity contribution in [1.29, 1.82) is 0 Å². The molecule has 0 heterocycles. The van der Waals surface area contributed by atoms with Crippen molar-refractivity contribution in [2.24, 2.45) is 5.90 Å². The van der Waals surface area contributed by atoms with E-state index in [1.807, 2.05) is 13.8 Å². The largest absolute Gasteiger partial charge is 0.497 e. The lowest BCUT2D eigenvalue weighted by atomic mass is 10.4. The van der Waals surface area contributed by atoms with Crippen LogP contribution in [-0.2, 0) is 27.1 Å². The summed E-state index contributed by atoms with van der Waals surface area (Å²) in [5.74, 6) is 4.55. The number of phosphoric acid groups is 2. The van der Waals surface area contributed by atoms with Gasteiger partial charge in [-0.3, -0.25) is 9.05 Å². The zero-order valence-electron chi connectivity index (χ0n) is 10.6. The van der Waals surface area contributed by atoms with Crippen LogP contribution in [0, 0.1) is 0 Å². The fourth-order valence-corrected chi connectivity index (χ4v) is 3.19. The van der Waals surface area contributed by atoms with Crippen molar-refractivity contribution in [2.45, 2.75) is 39.5 Å². The molecule has 10 heteroatoms. The summed E-state index contributed by atoms with van der Waals surface area (Å²) in [6.07, 6.45) is 2.84. The Labute approximate surface area is 107 Å². The summed E-state index contributed by atoms with van der Waals surface area (Å²) in [6.45, 7) is 4.00. The quantitative estimate of drug-likeness (QED) is 0.340. The SMILES string of the molecule is CCCCOP(=O)(OCCCC)OP(=O)(O)ON. The summed E-state index contributed by atoms with van der Waals surface area (Å²) in [5, 5.41) is 0. The van der Waals surface area contributed by atoms with Crippen molar-refractivity contribution in [3.8, 4) is 0 Å². The molecule has 110 valence electrons. The van der Waals surface area contributed by atoms with Gasteiger partial charge in [0.15, 0.2) is 0 Å². The number of nitrogens with two attached hydrogens (primary N) is 1. The van der Waals surface area contributed by atoms with E-state index in [4.69, 9.17) is 13.9 Å². The first-order chi connectivity index (χ1) is 8.39. The highest BCUT2D eigenvalue weighted by atomic mass is 31.3. The molecule has 0 aliphatic heterocycles. The third-order valence-corrected chi connectivity index (χ3v) is 4.72. The lowest BCUT2D eigenvalue weighted by Crippen LogP contribution is -2.05. The zero-order valence-corrected chi connectivity index (χ0v) is 12.4. The molecule has 0 fully saturated rings. The Morgan fingerprint density at radius 2 is 1.50 bits per heavy atom. The highest BCUT2D eigenvalue weighted by Crippen LogP contribution is 2.62. The van der Waals surface area contributed by atoms with E-state index in [9.17, 15) is 9.13 Å². The number of unbranched alkanes of at least 4 members (excludes halogenated alkanes) is 2. The molecule has 0 saturated heterocycles. The van der Waals surface area contributed by atoms with E-state index in [-0.39, 0.29) is 13.2 Å². The molecule has 8 nitrogen and oxygen atoms in total. The number of rotatable bonds is 11. The Hall–Kier alpha value is 0.220. The summed E-state index contributed by atoms with van der Waals surface area (Å²) in [7, 11) is -8.76. The second-order valence-electron chi connectivity index (χ2n) is 3.48. The van der Waals surface area contributed by atoms with E-state index in [0.29, 0.717) is 12.8 Å². The van der Waals surface area contributed by atoms with Crippen LogP contribution >= 0.6 is 15.6 Å². The minimum absolute atomic E-state index is 0.0878. The van der Waals surface area contributed by atoms with Crippen LogP contribution < -0.4 is 5.90 Å². The number of phosphoric ester groups is 1. The fraction of sp³-hybridized carbons (Fsp3) is 1.00. The van der Waals surface area contributed by atoms with Gasteiger partial charge in [0.1, 0.15) is 0 Å². The van der Waals surface area contributed by atoms with Crippen LogP contribution in [0.15, 0.2) is 0 Å². The molecule has 0 spiro atoms. The molecule has 0 saturated carbocycles. The van der Waals surface area contributed by atoms with Crippen LogP contribution in [0.2, 0.25) is 0 Å². The van der Waals surface area contributed by atoms with Crippen LogP contribution in [0.4, 0.5) is 0 Å². The van der Waals surface area contributed by atoms with E-state index < -0.39 is 15.6 Å². The highest BCUT2D eigenvalue weighted by molar-refractivity contribution is 7.61. The second-order valence-corrected chi connectivity index (χ2v) is 6.69. The molecule has 18 heavy (non-hydrogen) atoms. The Kier molecular flexibility index (Phi) is 9.29. The topological polar surface area (TPSA) is 117 Å². The normalized spacial score (nSPS) is 15.6. The molecule has 1 atom stereocenters. The van der Waals surface area contributed by atoms with E-state index >= 15 is 0 Å². The summed E-state index contributed by atoms with van der Waals surface area (Å²) in [6, 6.07) is 0. The number of hydrogen-bond acceptors (Lipinski definition) is 7. The molecular weight excluding hydrogens is 284 g/mol. The summed E-state index contributed by atoms with van der Waals surface area (Å²) in [5.41, 5.74) is 0. The molecular formula is C8H21NO7P2. The Balaban J connectivity index is 4.48. The van der Waals surface area contributed by atoms with E-state index in [0.717, 1.165) is 12.8 Å². The van der Waals surface area contributed by atoms with Gasteiger partial charge >= 0.3 is 15.6 Å². The van der Waals surface area contributed by atoms with Gasteiger partial charge in [-0.15, -0.1) is 0 Å².